The number of ether oxygens (including phenoxy) is 3. The average molecular weight is 240 g/mol. The van der Waals surface area contributed by atoms with E-state index in [1.807, 2.05) is 19.9 Å². The van der Waals surface area contributed by atoms with Crippen molar-refractivity contribution in [2.24, 2.45) is 0 Å². The highest BCUT2D eigenvalue weighted by molar-refractivity contribution is 5.54. The van der Waals surface area contributed by atoms with E-state index in [2.05, 4.69) is 0 Å². The van der Waals surface area contributed by atoms with E-state index in [-0.39, 0.29) is 6.61 Å². The molecule has 0 aliphatic carbocycles. The van der Waals surface area contributed by atoms with E-state index in [9.17, 15) is 5.11 Å². The molecule has 0 aliphatic rings. The molecule has 96 valence electrons. The van der Waals surface area contributed by atoms with Gasteiger partial charge >= 0.3 is 0 Å². The molecule has 1 N–H and O–H groups in total. The molecule has 1 aromatic carbocycles. The molecule has 4 heteroatoms. The second kappa shape index (κ2) is 5.27. The normalized spacial score (nSPS) is 11.2. The van der Waals surface area contributed by atoms with Crippen molar-refractivity contribution >= 4 is 0 Å². The number of methoxy groups -OCH3 is 3. The summed E-state index contributed by atoms with van der Waals surface area (Å²) in [6.45, 7) is 3.88. The Bertz CT molecular complexity index is 385. The standard InChI is InChI=1S/C13H20O4/c1-13(2,8-14)10-6-9(15-3)7-11(16-4)12(10)17-5/h6-7,14H,8H2,1-5H3. The first-order chi connectivity index (χ1) is 8.00. The molecule has 1 aromatic rings. The third-order valence-corrected chi connectivity index (χ3v) is 2.81. The van der Waals surface area contributed by atoms with Crippen molar-refractivity contribution in [2.45, 2.75) is 19.3 Å². The molecular formula is C13H20O4. The first-order valence-electron chi connectivity index (χ1n) is 5.41. The van der Waals surface area contributed by atoms with Gasteiger partial charge in [-0.25, -0.2) is 0 Å². The Balaban J connectivity index is 3.44. The maximum absolute atomic E-state index is 9.46. The van der Waals surface area contributed by atoms with Crippen molar-refractivity contribution in [2.75, 3.05) is 27.9 Å². The van der Waals surface area contributed by atoms with Gasteiger partial charge in [0.05, 0.1) is 27.9 Å². The highest BCUT2D eigenvalue weighted by atomic mass is 16.5. The third kappa shape index (κ3) is 2.64. The molecule has 0 amide bonds. The zero-order valence-corrected chi connectivity index (χ0v) is 11.0. The highest BCUT2D eigenvalue weighted by Gasteiger charge is 2.27. The molecule has 0 saturated carbocycles. The van der Waals surface area contributed by atoms with Crippen LogP contribution < -0.4 is 14.2 Å². The minimum atomic E-state index is -0.423. The lowest BCUT2D eigenvalue weighted by Crippen LogP contribution is -2.23. The van der Waals surface area contributed by atoms with Crippen LogP contribution in [0.1, 0.15) is 19.4 Å². The number of aliphatic hydroxyl groups excluding tert-OH is 1. The van der Waals surface area contributed by atoms with E-state index in [4.69, 9.17) is 14.2 Å². The molecule has 17 heavy (non-hydrogen) atoms. The van der Waals surface area contributed by atoms with E-state index in [1.165, 1.54) is 0 Å². The summed E-state index contributed by atoms with van der Waals surface area (Å²) in [5, 5.41) is 9.46. The van der Waals surface area contributed by atoms with E-state index in [0.29, 0.717) is 17.2 Å². The Labute approximate surface area is 102 Å². The summed E-state index contributed by atoms with van der Waals surface area (Å²) < 4.78 is 15.9. The number of aliphatic hydroxyl groups is 1. The number of benzene rings is 1. The van der Waals surface area contributed by atoms with Gasteiger partial charge in [-0.2, -0.15) is 0 Å². The highest BCUT2D eigenvalue weighted by Crippen LogP contribution is 2.41. The van der Waals surface area contributed by atoms with E-state index < -0.39 is 5.41 Å². The number of hydrogen-bond acceptors (Lipinski definition) is 4. The summed E-state index contributed by atoms with van der Waals surface area (Å²) in [4.78, 5) is 0. The van der Waals surface area contributed by atoms with Gasteiger partial charge < -0.3 is 19.3 Å². The second-order valence-corrected chi connectivity index (χ2v) is 4.45. The van der Waals surface area contributed by atoms with Crippen molar-refractivity contribution in [3.63, 3.8) is 0 Å². The minimum absolute atomic E-state index is 0.0136. The molecular weight excluding hydrogens is 220 g/mol. The quantitative estimate of drug-likeness (QED) is 0.855. The van der Waals surface area contributed by atoms with Crippen molar-refractivity contribution in [1.82, 2.24) is 0 Å². The molecule has 0 unspecified atom stereocenters. The fraction of sp³-hybridized carbons (Fsp3) is 0.538. The minimum Gasteiger partial charge on any atom is -0.497 e. The molecule has 0 aliphatic heterocycles. The Morgan fingerprint density at radius 3 is 2.12 bits per heavy atom. The molecule has 0 spiro atoms. The van der Waals surface area contributed by atoms with Gasteiger partial charge in [0, 0.05) is 17.0 Å². The van der Waals surface area contributed by atoms with Gasteiger partial charge in [-0.3, -0.25) is 0 Å². The third-order valence-electron chi connectivity index (χ3n) is 2.81. The first kappa shape index (κ1) is 13.6. The van der Waals surface area contributed by atoms with Crippen LogP contribution in [0.3, 0.4) is 0 Å². The predicted octanol–water partition coefficient (Wildman–Crippen LogP) is 1.98. The maximum Gasteiger partial charge on any atom is 0.164 e. The Morgan fingerprint density at radius 1 is 1.06 bits per heavy atom. The second-order valence-electron chi connectivity index (χ2n) is 4.45. The number of hydrogen-bond donors (Lipinski definition) is 1. The lowest BCUT2D eigenvalue weighted by Gasteiger charge is -2.26. The van der Waals surface area contributed by atoms with Crippen LogP contribution in [-0.4, -0.2) is 33.0 Å². The number of rotatable bonds is 5. The Kier molecular flexibility index (Phi) is 4.23. The van der Waals surface area contributed by atoms with Crippen LogP contribution in [0.5, 0.6) is 17.2 Å². The van der Waals surface area contributed by atoms with Crippen LogP contribution in [0, 0.1) is 0 Å². The van der Waals surface area contributed by atoms with Gasteiger partial charge in [-0.1, -0.05) is 13.8 Å². The molecule has 0 bridgehead atoms. The fourth-order valence-corrected chi connectivity index (χ4v) is 1.64. The monoisotopic (exact) mass is 240 g/mol. The average Bonchev–Trinajstić information content (AvgIpc) is 2.36. The largest absolute Gasteiger partial charge is 0.497 e. The summed E-state index contributed by atoms with van der Waals surface area (Å²) in [7, 11) is 4.76. The van der Waals surface area contributed by atoms with Gasteiger partial charge in [0.2, 0.25) is 0 Å². The smallest absolute Gasteiger partial charge is 0.164 e. The van der Waals surface area contributed by atoms with Crippen molar-refractivity contribution < 1.29 is 19.3 Å². The summed E-state index contributed by atoms with van der Waals surface area (Å²) >= 11 is 0. The van der Waals surface area contributed by atoms with Gasteiger partial charge in [0.25, 0.3) is 0 Å². The van der Waals surface area contributed by atoms with Gasteiger partial charge in [-0.05, 0) is 6.07 Å². The van der Waals surface area contributed by atoms with Gasteiger partial charge in [-0.15, -0.1) is 0 Å². The van der Waals surface area contributed by atoms with Crippen LogP contribution in [0.25, 0.3) is 0 Å². The van der Waals surface area contributed by atoms with Crippen LogP contribution in [0.2, 0.25) is 0 Å². The maximum atomic E-state index is 9.46. The Morgan fingerprint density at radius 2 is 1.71 bits per heavy atom. The molecule has 4 nitrogen and oxygen atoms in total. The van der Waals surface area contributed by atoms with Crippen molar-refractivity contribution in [1.29, 1.82) is 0 Å². The van der Waals surface area contributed by atoms with E-state index >= 15 is 0 Å². The van der Waals surface area contributed by atoms with Crippen LogP contribution in [-0.2, 0) is 5.41 Å². The van der Waals surface area contributed by atoms with Crippen LogP contribution in [0.4, 0.5) is 0 Å². The summed E-state index contributed by atoms with van der Waals surface area (Å²) in [5.41, 5.74) is 0.436. The molecule has 1 rings (SSSR count). The lowest BCUT2D eigenvalue weighted by molar-refractivity contribution is 0.213. The molecule has 0 aromatic heterocycles. The zero-order valence-electron chi connectivity index (χ0n) is 11.0. The van der Waals surface area contributed by atoms with Gasteiger partial charge in [0.15, 0.2) is 11.5 Å². The molecule has 0 atom stereocenters. The van der Waals surface area contributed by atoms with Crippen molar-refractivity contribution in [3.05, 3.63) is 17.7 Å². The molecule has 0 fully saturated rings. The zero-order chi connectivity index (χ0) is 13.1. The first-order valence-corrected chi connectivity index (χ1v) is 5.41. The Hall–Kier alpha value is -1.42. The van der Waals surface area contributed by atoms with E-state index in [0.717, 1.165) is 5.56 Å². The van der Waals surface area contributed by atoms with Crippen LogP contribution in [0.15, 0.2) is 12.1 Å². The lowest BCUT2D eigenvalue weighted by atomic mass is 9.84. The van der Waals surface area contributed by atoms with E-state index in [1.54, 1.807) is 27.4 Å². The SMILES string of the molecule is COc1cc(OC)c(OC)c(C(C)(C)CO)c1. The van der Waals surface area contributed by atoms with Crippen molar-refractivity contribution in [3.8, 4) is 17.2 Å². The molecule has 0 saturated heterocycles. The van der Waals surface area contributed by atoms with Gasteiger partial charge in [0.1, 0.15) is 5.75 Å². The molecule has 0 heterocycles. The fourth-order valence-electron chi connectivity index (χ4n) is 1.64. The summed E-state index contributed by atoms with van der Waals surface area (Å²) in [5.74, 6) is 1.91. The summed E-state index contributed by atoms with van der Waals surface area (Å²) in [6, 6.07) is 3.62. The summed E-state index contributed by atoms with van der Waals surface area (Å²) in [6.07, 6.45) is 0. The topological polar surface area (TPSA) is 47.9 Å². The van der Waals surface area contributed by atoms with Crippen LogP contribution >= 0.6 is 0 Å². The predicted molar refractivity (Wildman–Crippen MR) is 66.2 cm³/mol. The molecule has 0 radical (unpaired) electrons.